The smallest absolute Gasteiger partial charge is 0.346 e. The Kier molecular flexibility index (Phi) is 13.8. The predicted molar refractivity (Wildman–Crippen MR) is 230 cm³/mol. The van der Waals surface area contributed by atoms with Crippen molar-refractivity contribution in [2.24, 2.45) is 0 Å². The number of ether oxygens (including phenoxy) is 6. The molecule has 0 amide bonds. The maximum atomic E-state index is 11.7. The first-order valence-electron chi connectivity index (χ1n) is 20.1. The molecule has 0 saturated heterocycles. The Bertz CT molecular complexity index is 2160. The van der Waals surface area contributed by atoms with Crippen molar-refractivity contribution in [3.8, 4) is 60.8 Å². The van der Waals surface area contributed by atoms with E-state index < -0.39 is 11.5 Å². The molecular formula is C46H48N2O8S2. The largest absolute Gasteiger partial charge is 0.494 e. The van der Waals surface area contributed by atoms with Crippen LogP contribution >= 0.6 is 22.7 Å². The van der Waals surface area contributed by atoms with Gasteiger partial charge < -0.3 is 38.4 Å². The second kappa shape index (κ2) is 19.7. The third-order valence-electron chi connectivity index (χ3n) is 9.77. The van der Waals surface area contributed by atoms with Gasteiger partial charge in [0.05, 0.1) is 32.7 Å². The van der Waals surface area contributed by atoms with Crippen LogP contribution in [0.25, 0.3) is 26.3 Å². The van der Waals surface area contributed by atoms with Crippen molar-refractivity contribution < 1.29 is 38.3 Å². The fourth-order valence-corrected chi connectivity index (χ4v) is 9.26. The molecule has 0 spiro atoms. The number of carboxylic acids is 1. The maximum Gasteiger partial charge on any atom is 0.346 e. The minimum Gasteiger partial charge on any atom is -0.494 e. The van der Waals surface area contributed by atoms with Gasteiger partial charge in [0.25, 0.3) is 0 Å². The topological polar surface area (TPSA) is 120 Å². The van der Waals surface area contributed by atoms with Crippen molar-refractivity contribution in [2.45, 2.75) is 65.2 Å². The summed E-state index contributed by atoms with van der Waals surface area (Å²) < 4.78 is 36.7. The first-order chi connectivity index (χ1) is 28.5. The van der Waals surface area contributed by atoms with Crippen LogP contribution in [0.3, 0.4) is 0 Å². The van der Waals surface area contributed by atoms with Crippen LogP contribution in [0.15, 0.2) is 78.4 Å². The van der Waals surface area contributed by atoms with Gasteiger partial charge in [-0.05, 0) is 85.1 Å². The van der Waals surface area contributed by atoms with Crippen LogP contribution in [0.1, 0.15) is 70.1 Å². The third-order valence-corrected chi connectivity index (χ3v) is 12.2. The molecule has 0 atom stereocenters. The number of carboxylic acid groups (broad SMARTS) is 1. The first kappa shape index (κ1) is 40.6. The summed E-state index contributed by atoms with van der Waals surface area (Å²) in [7, 11) is 0. The Morgan fingerprint density at radius 1 is 0.655 bits per heavy atom. The summed E-state index contributed by atoms with van der Waals surface area (Å²) in [4.78, 5) is 16.8. The molecule has 0 bridgehead atoms. The molecule has 58 heavy (non-hydrogen) atoms. The van der Waals surface area contributed by atoms with Gasteiger partial charge in [-0.1, -0.05) is 64.5 Å². The van der Waals surface area contributed by atoms with Gasteiger partial charge in [-0.2, -0.15) is 5.26 Å². The highest BCUT2D eigenvalue weighted by atomic mass is 32.1. The molecule has 0 aliphatic carbocycles. The number of thiophene rings is 2. The standard InChI is InChI=1S/C46H48N2O8S2/c1-3-5-7-9-23-51-36-19-15-34(16-20-36)48(35-17-21-37(22-18-35)52-24-10-8-6-4-2)33-13-11-31(12-14-33)43-41-42(56-28-27-55-41)45(58-43)44-40-39(53-25-26-54-40)38(57-44)29-32(30-47)46(49)50/h11-22,29H,3-10,23-28H2,1-2H3,(H,49,50). The van der Waals surface area contributed by atoms with Crippen LogP contribution in [-0.2, 0) is 4.79 Å². The molecule has 10 nitrogen and oxygen atoms in total. The Morgan fingerprint density at radius 3 is 1.59 bits per heavy atom. The van der Waals surface area contributed by atoms with Crippen LogP contribution in [0.2, 0.25) is 0 Å². The Hall–Kier alpha value is -5.64. The number of nitriles is 1. The van der Waals surface area contributed by atoms with E-state index in [-0.39, 0.29) is 0 Å². The SMILES string of the molecule is CCCCCCOc1ccc(N(c2ccc(OCCCCCC)cc2)c2ccc(-c3sc(-c4sc(C=C(C#N)C(=O)O)c5c4OCCO5)c4c3OCCO4)cc2)cc1. The van der Waals surface area contributed by atoms with E-state index >= 15 is 0 Å². The zero-order valence-corrected chi connectivity index (χ0v) is 34.6. The summed E-state index contributed by atoms with van der Waals surface area (Å²) in [6.45, 7) is 7.25. The molecule has 302 valence electrons. The molecule has 5 aromatic rings. The van der Waals surface area contributed by atoms with Crippen LogP contribution in [0, 0.1) is 11.3 Å². The van der Waals surface area contributed by atoms with Crippen LogP contribution in [-0.4, -0.2) is 50.7 Å². The molecule has 3 aromatic carbocycles. The number of anilines is 3. The molecule has 2 aliphatic rings. The second-order valence-electron chi connectivity index (χ2n) is 13.9. The van der Waals surface area contributed by atoms with Gasteiger partial charge in [0.1, 0.15) is 49.6 Å². The number of hydrogen-bond acceptors (Lipinski definition) is 11. The highest BCUT2D eigenvalue weighted by Gasteiger charge is 2.33. The second-order valence-corrected chi connectivity index (χ2v) is 16.0. The third kappa shape index (κ3) is 9.38. The highest BCUT2D eigenvalue weighted by Crippen LogP contribution is 2.60. The fourth-order valence-electron chi connectivity index (χ4n) is 6.81. The average molecular weight is 821 g/mol. The quantitative estimate of drug-likeness (QED) is 0.0490. The lowest BCUT2D eigenvalue weighted by Gasteiger charge is -2.26. The number of carbonyl (C=O) groups is 1. The predicted octanol–water partition coefficient (Wildman–Crippen LogP) is 12.1. The van der Waals surface area contributed by atoms with E-state index in [1.54, 1.807) is 6.07 Å². The highest BCUT2D eigenvalue weighted by molar-refractivity contribution is 7.25. The van der Waals surface area contributed by atoms with Gasteiger partial charge in [0, 0.05) is 17.1 Å². The minimum absolute atomic E-state index is 0.309. The number of rotatable bonds is 19. The molecule has 0 radical (unpaired) electrons. The van der Waals surface area contributed by atoms with Gasteiger partial charge in [-0.25, -0.2) is 4.79 Å². The Morgan fingerprint density at radius 2 is 1.10 bits per heavy atom. The van der Waals surface area contributed by atoms with Crippen molar-refractivity contribution in [3.63, 3.8) is 0 Å². The van der Waals surface area contributed by atoms with E-state index in [1.807, 2.05) is 24.3 Å². The van der Waals surface area contributed by atoms with E-state index in [2.05, 4.69) is 67.3 Å². The maximum absolute atomic E-state index is 11.7. The summed E-state index contributed by atoms with van der Waals surface area (Å²) in [5.41, 5.74) is 3.50. The van der Waals surface area contributed by atoms with E-state index in [0.29, 0.717) is 67.5 Å². The van der Waals surface area contributed by atoms with Gasteiger partial charge in [0.2, 0.25) is 0 Å². The number of hydrogen-bond donors (Lipinski definition) is 1. The van der Waals surface area contributed by atoms with Crippen LogP contribution < -0.4 is 33.3 Å². The lowest BCUT2D eigenvalue weighted by atomic mass is 10.1. The van der Waals surface area contributed by atoms with Crippen molar-refractivity contribution >= 4 is 51.8 Å². The molecule has 0 saturated carbocycles. The van der Waals surface area contributed by atoms with Crippen molar-refractivity contribution in [1.82, 2.24) is 0 Å². The monoisotopic (exact) mass is 820 g/mol. The number of benzene rings is 3. The summed E-state index contributed by atoms with van der Waals surface area (Å²) in [5.74, 6) is 2.56. The summed E-state index contributed by atoms with van der Waals surface area (Å²) in [6, 6.07) is 26.6. The molecule has 1 N–H and O–H groups in total. The van der Waals surface area contributed by atoms with Gasteiger partial charge in [-0.15, -0.1) is 22.7 Å². The van der Waals surface area contributed by atoms with Crippen LogP contribution in [0.4, 0.5) is 17.1 Å². The molecule has 0 fully saturated rings. The lowest BCUT2D eigenvalue weighted by molar-refractivity contribution is -0.132. The zero-order chi connectivity index (χ0) is 40.3. The molecule has 4 heterocycles. The first-order valence-corrected chi connectivity index (χ1v) is 21.7. The van der Waals surface area contributed by atoms with Crippen molar-refractivity contribution in [2.75, 3.05) is 44.5 Å². The number of unbranched alkanes of at least 4 members (excludes halogenated alkanes) is 6. The molecule has 7 rings (SSSR count). The summed E-state index contributed by atoms with van der Waals surface area (Å²) in [5, 5.41) is 19.0. The fraction of sp³-hybridized carbons (Fsp3) is 0.348. The molecule has 2 aliphatic heterocycles. The number of fused-ring (bicyclic) bond motifs is 2. The van der Waals surface area contributed by atoms with Crippen molar-refractivity contribution in [1.29, 1.82) is 5.26 Å². The van der Waals surface area contributed by atoms with Gasteiger partial charge in [0.15, 0.2) is 23.0 Å². The van der Waals surface area contributed by atoms with E-state index in [9.17, 15) is 15.2 Å². The van der Waals surface area contributed by atoms with Gasteiger partial charge in [-0.3, -0.25) is 0 Å². The van der Waals surface area contributed by atoms with Crippen molar-refractivity contribution in [3.05, 3.63) is 83.2 Å². The van der Waals surface area contributed by atoms with Crippen LogP contribution in [0.5, 0.6) is 34.5 Å². The normalized spacial score (nSPS) is 13.2. The Balaban J connectivity index is 1.20. The molecule has 2 aromatic heterocycles. The minimum atomic E-state index is -1.31. The Labute approximate surface area is 347 Å². The number of aliphatic carboxylic acids is 1. The molecular weight excluding hydrogens is 773 g/mol. The lowest BCUT2D eigenvalue weighted by Crippen LogP contribution is -2.15. The molecule has 12 heteroatoms. The van der Waals surface area contributed by atoms with E-state index in [1.165, 1.54) is 67.3 Å². The van der Waals surface area contributed by atoms with Gasteiger partial charge >= 0.3 is 5.97 Å². The van der Waals surface area contributed by atoms with E-state index in [0.717, 1.165) is 61.6 Å². The summed E-state index contributed by atoms with van der Waals surface area (Å²) in [6.07, 6.45) is 10.6. The zero-order valence-electron chi connectivity index (χ0n) is 32.9. The summed E-state index contributed by atoms with van der Waals surface area (Å²) >= 11 is 2.81. The van der Waals surface area contributed by atoms with E-state index in [4.69, 9.17) is 28.4 Å². The average Bonchev–Trinajstić information content (AvgIpc) is 3.82. The number of nitrogens with zero attached hydrogens (tertiary/aromatic N) is 2. The molecule has 0 unspecified atom stereocenters.